The van der Waals surface area contributed by atoms with E-state index in [2.05, 4.69) is 44.3 Å². The zero-order chi connectivity index (χ0) is 12.0. The summed E-state index contributed by atoms with van der Waals surface area (Å²) < 4.78 is 5.50. The molecule has 0 saturated carbocycles. The molecule has 0 aliphatic heterocycles. The molecule has 2 nitrogen and oxygen atoms in total. The number of benzene rings is 1. The lowest BCUT2D eigenvalue weighted by molar-refractivity contribution is 0.339. The minimum atomic E-state index is 0.371. The Balaban J connectivity index is 2.67. The molecule has 90 valence electrons. The average molecular weight is 221 g/mol. The highest BCUT2D eigenvalue weighted by atomic mass is 16.5. The maximum Gasteiger partial charge on any atom is 0.119 e. The van der Waals surface area contributed by atoms with Crippen molar-refractivity contribution >= 4 is 0 Å². The Morgan fingerprint density at radius 3 is 2.62 bits per heavy atom. The van der Waals surface area contributed by atoms with Crippen LogP contribution in [0.15, 0.2) is 24.3 Å². The van der Waals surface area contributed by atoms with Crippen molar-refractivity contribution in [1.82, 2.24) is 5.32 Å². The normalized spacial score (nSPS) is 14.5. The van der Waals surface area contributed by atoms with Crippen LogP contribution in [0.4, 0.5) is 0 Å². The van der Waals surface area contributed by atoms with Crippen molar-refractivity contribution < 1.29 is 4.74 Å². The SMILES string of the molecule is CCOc1cccc([C@H](C)N[C@H](C)CC)c1. The molecule has 1 aromatic rings. The maximum atomic E-state index is 5.50. The monoisotopic (exact) mass is 221 g/mol. The standard InChI is InChI=1S/C14H23NO/c1-5-11(3)15-12(4)13-8-7-9-14(10-13)16-6-2/h7-12,15H,5-6H2,1-4H3/t11-,12+/m1/s1. The number of ether oxygens (including phenoxy) is 1. The van der Waals surface area contributed by atoms with Crippen molar-refractivity contribution in [1.29, 1.82) is 0 Å². The first-order chi connectivity index (χ1) is 7.67. The van der Waals surface area contributed by atoms with Crippen molar-refractivity contribution in [3.63, 3.8) is 0 Å². The Morgan fingerprint density at radius 2 is 2.00 bits per heavy atom. The summed E-state index contributed by atoms with van der Waals surface area (Å²) in [5.74, 6) is 0.956. The number of hydrogen-bond donors (Lipinski definition) is 1. The van der Waals surface area contributed by atoms with Crippen molar-refractivity contribution in [2.45, 2.75) is 46.2 Å². The lowest BCUT2D eigenvalue weighted by Crippen LogP contribution is -2.28. The van der Waals surface area contributed by atoms with Gasteiger partial charge in [0.15, 0.2) is 0 Å². The van der Waals surface area contributed by atoms with E-state index in [0.29, 0.717) is 12.1 Å². The predicted octanol–water partition coefficient (Wildman–Crippen LogP) is 3.53. The molecule has 0 spiro atoms. The Labute approximate surface area is 99.0 Å². The third-order valence-electron chi connectivity index (χ3n) is 2.82. The lowest BCUT2D eigenvalue weighted by Gasteiger charge is -2.19. The smallest absolute Gasteiger partial charge is 0.119 e. The van der Waals surface area contributed by atoms with Crippen molar-refractivity contribution in [2.75, 3.05) is 6.61 Å². The van der Waals surface area contributed by atoms with E-state index in [1.54, 1.807) is 0 Å². The third-order valence-corrected chi connectivity index (χ3v) is 2.82. The van der Waals surface area contributed by atoms with E-state index in [9.17, 15) is 0 Å². The van der Waals surface area contributed by atoms with Gasteiger partial charge in [0.05, 0.1) is 6.61 Å². The van der Waals surface area contributed by atoms with E-state index in [1.807, 2.05) is 13.0 Å². The summed E-state index contributed by atoms with van der Waals surface area (Å²) in [6.45, 7) is 9.32. The third kappa shape index (κ3) is 3.86. The Bertz CT molecular complexity index is 311. The highest BCUT2D eigenvalue weighted by Gasteiger charge is 2.08. The number of rotatable bonds is 6. The number of hydrogen-bond acceptors (Lipinski definition) is 2. The van der Waals surface area contributed by atoms with Gasteiger partial charge in [0, 0.05) is 12.1 Å². The highest BCUT2D eigenvalue weighted by molar-refractivity contribution is 5.30. The molecule has 1 rings (SSSR count). The molecule has 0 aliphatic rings. The Morgan fingerprint density at radius 1 is 1.25 bits per heavy atom. The van der Waals surface area contributed by atoms with E-state index in [0.717, 1.165) is 18.8 Å². The summed E-state index contributed by atoms with van der Waals surface area (Å²) in [6, 6.07) is 9.23. The Hall–Kier alpha value is -1.02. The molecule has 0 saturated heterocycles. The summed E-state index contributed by atoms with van der Waals surface area (Å²) in [7, 11) is 0. The van der Waals surface area contributed by atoms with E-state index in [-0.39, 0.29) is 0 Å². The quantitative estimate of drug-likeness (QED) is 0.793. The first kappa shape index (κ1) is 13.0. The van der Waals surface area contributed by atoms with Crippen LogP contribution in [0.1, 0.15) is 45.7 Å². The van der Waals surface area contributed by atoms with Crippen LogP contribution in [0.25, 0.3) is 0 Å². The second-order valence-corrected chi connectivity index (χ2v) is 4.20. The maximum absolute atomic E-state index is 5.50. The van der Waals surface area contributed by atoms with Gasteiger partial charge in [-0.25, -0.2) is 0 Å². The first-order valence-corrected chi connectivity index (χ1v) is 6.16. The van der Waals surface area contributed by atoms with Gasteiger partial charge in [-0.15, -0.1) is 0 Å². The van der Waals surface area contributed by atoms with Crippen LogP contribution in [0.3, 0.4) is 0 Å². The van der Waals surface area contributed by atoms with Crippen LogP contribution in [0, 0.1) is 0 Å². The predicted molar refractivity (Wildman–Crippen MR) is 68.9 cm³/mol. The van der Waals surface area contributed by atoms with Crippen LogP contribution in [0.5, 0.6) is 5.75 Å². The van der Waals surface area contributed by atoms with Gasteiger partial charge in [-0.05, 0) is 44.9 Å². The molecular weight excluding hydrogens is 198 g/mol. The van der Waals surface area contributed by atoms with Crippen LogP contribution in [-0.2, 0) is 0 Å². The largest absolute Gasteiger partial charge is 0.494 e. The fourth-order valence-corrected chi connectivity index (χ4v) is 1.68. The topological polar surface area (TPSA) is 21.3 Å². The molecule has 1 aromatic carbocycles. The fourth-order valence-electron chi connectivity index (χ4n) is 1.68. The fraction of sp³-hybridized carbons (Fsp3) is 0.571. The molecule has 0 radical (unpaired) electrons. The van der Waals surface area contributed by atoms with Gasteiger partial charge in [0.25, 0.3) is 0 Å². The van der Waals surface area contributed by atoms with Crippen molar-refractivity contribution in [2.24, 2.45) is 0 Å². The average Bonchev–Trinajstić information content (AvgIpc) is 2.29. The second-order valence-electron chi connectivity index (χ2n) is 4.20. The molecule has 2 heteroatoms. The van der Waals surface area contributed by atoms with Crippen LogP contribution in [-0.4, -0.2) is 12.6 Å². The molecule has 0 bridgehead atoms. The van der Waals surface area contributed by atoms with Gasteiger partial charge >= 0.3 is 0 Å². The van der Waals surface area contributed by atoms with E-state index in [1.165, 1.54) is 5.56 Å². The summed E-state index contributed by atoms with van der Waals surface area (Å²) in [4.78, 5) is 0. The van der Waals surface area contributed by atoms with Gasteiger partial charge in [-0.2, -0.15) is 0 Å². The molecule has 0 aromatic heterocycles. The zero-order valence-electron chi connectivity index (χ0n) is 10.8. The molecule has 0 unspecified atom stereocenters. The summed E-state index contributed by atoms with van der Waals surface area (Å²) >= 11 is 0. The number of nitrogens with one attached hydrogen (secondary N) is 1. The summed E-state index contributed by atoms with van der Waals surface area (Å²) in [6.07, 6.45) is 1.15. The van der Waals surface area contributed by atoms with E-state index >= 15 is 0 Å². The van der Waals surface area contributed by atoms with Crippen molar-refractivity contribution in [3.05, 3.63) is 29.8 Å². The summed E-state index contributed by atoms with van der Waals surface area (Å²) in [5, 5.41) is 3.56. The molecule has 0 amide bonds. The van der Waals surface area contributed by atoms with Crippen LogP contribution in [0.2, 0.25) is 0 Å². The van der Waals surface area contributed by atoms with E-state index < -0.39 is 0 Å². The molecule has 1 N–H and O–H groups in total. The molecule has 0 aliphatic carbocycles. The molecule has 0 heterocycles. The first-order valence-electron chi connectivity index (χ1n) is 6.16. The van der Waals surface area contributed by atoms with Crippen LogP contribution < -0.4 is 10.1 Å². The minimum absolute atomic E-state index is 0.371. The zero-order valence-corrected chi connectivity index (χ0v) is 10.8. The molecule has 16 heavy (non-hydrogen) atoms. The molecule has 2 atom stereocenters. The van der Waals surface area contributed by atoms with Gasteiger partial charge in [-0.3, -0.25) is 0 Å². The highest BCUT2D eigenvalue weighted by Crippen LogP contribution is 2.19. The Kier molecular flexibility index (Phi) is 5.33. The van der Waals surface area contributed by atoms with Crippen molar-refractivity contribution in [3.8, 4) is 5.75 Å². The lowest BCUT2D eigenvalue weighted by atomic mass is 10.1. The van der Waals surface area contributed by atoms with Gasteiger partial charge < -0.3 is 10.1 Å². The van der Waals surface area contributed by atoms with Gasteiger partial charge in [0.1, 0.15) is 5.75 Å². The van der Waals surface area contributed by atoms with Crippen LogP contribution >= 0.6 is 0 Å². The molecule has 0 fully saturated rings. The second kappa shape index (κ2) is 6.54. The van der Waals surface area contributed by atoms with Gasteiger partial charge in [0.2, 0.25) is 0 Å². The van der Waals surface area contributed by atoms with Gasteiger partial charge in [-0.1, -0.05) is 19.1 Å². The summed E-state index contributed by atoms with van der Waals surface area (Å²) in [5.41, 5.74) is 1.28. The molecular formula is C14H23NO. The minimum Gasteiger partial charge on any atom is -0.494 e. The van der Waals surface area contributed by atoms with E-state index in [4.69, 9.17) is 4.74 Å².